The number of hydrogen-bond acceptors (Lipinski definition) is 3. The van der Waals surface area contributed by atoms with Gasteiger partial charge in [-0.2, -0.15) is 0 Å². The molecule has 7 aromatic rings. The van der Waals surface area contributed by atoms with Gasteiger partial charge in [0, 0.05) is 54.3 Å². The van der Waals surface area contributed by atoms with Gasteiger partial charge in [-0.25, -0.2) is 0 Å². The molecule has 2 saturated carbocycles. The molecule has 2 heterocycles. The molecule has 0 saturated heterocycles. The summed E-state index contributed by atoms with van der Waals surface area (Å²) < 4.78 is 9.72. The van der Waals surface area contributed by atoms with Crippen LogP contribution in [0.3, 0.4) is 0 Å². The maximum Gasteiger partial charge on any atom is 0.132 e. The van der Waals surface area contributed by atoms with Gasteiger partial charge < -0.3 is 9.64 Å². The molecule has 2 fully saturated rings. The Labute approximate surface area is 305 Å². The lowest BCUT2D eigenvalue weighted by atomic mass is 9.47. The quantitative estimate of drug-likeness (QED) is 0.183. The molecule has 0 radical (unpaired) electrons. The predicted molar refractivity (Wildman–Crippen MR) is 215 cm³/mol. The van der Waals surface area contributed by atoms with Crippen molar-refractivity contribution >= 4 is 48.6 Å². The van der Waals surface area contributed by atoms with Crippen LogP contribution in [0.2, 0.25) is 0 Å². The Morgan fingerprint density at radius 2 is 1.25 bits per heavy atom. The summed E-state index contributed by atoms with van der Waals surface area (Å²) in [4.78, 5) is 2.39. The molecule has 10 rings (SSSR count). The van der Waals surface area contributed by atoms with E-state index in [2.05, 4.69) is 158 Å². The molecule has 1 spiro atoms. The number of hydrogen-bond donors (Lipinski definition) is 0. The third-order valence-corrected chi connectivity index (χ3v) is 13.7. The molecule has 1 aromatic heterocycles. The van der Waals surface area contributed by atoms with Crippen molar-refractivity contribution in [2.24, 2.45) is 23.7 Å². The summed E-state index contributed by atoms with van der Waals surface area (Å²) in [6, 6.07) is 51.4. The first-order valence-corrected chi connectivity index (χ1v) is 19.6. The van der Waals surface area contributed by atoms with Crippen molar-refractivity contribution in [1.29, 1.82) is 0 Å². The van der Waals surface area contributed by atoms with Crippen LogP contribution in [0, 0.1) is 23.7 Å². The number of para-hydroxylation sites is 2. The van der Waals surface area contributed by atoms with E-state index in [1.54, 1.807) is 0 Å². The van der Waals surface area contributed by atoms with Crippen molar-refractivity contribution in [3.63, 3.8) is 0 Å². The molecule has 6 aromatic carbocycles. The molecule has 2 bridgehead atoms. The molecule has 0 N–H and O–H groups in total. The molecular weight excluding hydrogens is 639 g/mol. The number of rotatable bonds is 4. The lowest BCUT2D eigenvalue weighted by molar-refractivity contribution is 0.00146. The van der Waals surface area contributed by atoms with E-state index >= 15 is 0 Å². The molecular formula is C48H43NOS. The lowest BCUT2D eigenvalue weighted by Crippen LogP contribution is -2.52. The van der Waals surface area contributed by atoms with Crippen molar-refractivity contribution in [2.45, 2.75) is 51.4 Å². The van der Waals surface area contributed by atoms with Gasteiger partial charge >= 0.3 is 0 Å². The highest BCUT2D eigenvalue weighted by Gasteiger charge is 2.55. The average molecular weight is 682 g/mol. The Hall–Kier alpha value is -4.86. The number of benzene rings is 6. The topological polar surface area (TPSA) is 12.5 Å². The zero-order chi connectivity index (χ0) is 34.1. The van der Waals surface area contributed by atoms with Crippen molar-refractivity contribution in [3.05, 3.63) is 151 Å². The van der Waals surface area contributed by atoms with Crippen LogP contribution in [0.15, 0.2) is 140 Å². The minimum atomic E-state index is 0.128. The maximum absolute atomic E-state index is 7.06. The number of fused-ring (bicyclic) bond motifs is 5. The number of nitrogens with zero attached hydrogens (tertiary/aromatic N) is 1. The Balaban J connectivity index is 1.10. The van der Waals surface area contributed by atoms with Crippen LogP contribution in [-0.2, 0) is 11.8 Å². The Morgan fingerprint density at radius 3 is 2.08 bits per heavy atom. The first-order chi connectivity index (χ1) is 25.0. The van der Waals surface area contributed by atoms with E-state index in [9.17, 15) is 0 Å². The van der Waals surface area contributed by atoms with Gasteiger partial charge in [-0.3, -0.25) is 0 Å². The summed E-state index contributed by atoms with van der Waals surface area (Å²) in [7, 11) is 0. The van der Waals surface area contributed by atoms with Gasteiger partial charge in [0.1, 0.15) is 11.5 Å². The Bertz CT molecular complexity index is 2380. The van der Waals surface area contributed by atoms with Crippen LogP contribution in [-0.4, -0.2) is 0 Å². The minimum absolute atomic E-state index is 0.128. The molecule has 3 aliphatic rings. The summed E-state index contributed by atoms with van der Waals surface area (Å²) in [6.07, 6.45) is 6.31. The van der Waals surface area contributed by atoms with Gasteiger partial charge in [-0.15, -0.1) is 11.3 Å². The van der Waals surface area contributed by atoms with E-state index in [0.717, 1.165) is 46.8 Å². The Morgan fingerprint density at radius 1 is 0.588 bits per heavy atom. The molecule has 252 valence electrons. The highest BCUT2D eigenvalue weighted by molar-refractivity contribution is 7.26. The van der Waals surface area contributed by atoms with Crippen molar-refractivity contribution in [2.75, 3.05) is 4.90 Å². The zero-order valence-electron chi connectivity index (χ0n) is 29.4. The fourth-order valence-corrected chi connectivity index (χ4v) is 11.7. The van der Waals surface area contributed by atoms with Crippen LogP contribution in [0.1, 0.15) is 50.7 Å². The first-order valence-electron chi connectivity index (χ1n) is 18.8. The number of thiophene rings is 1. The van der Waals surface area contributed by atoms with Crippen LogP contribution in [0.25, 0.3) is 31.3 Å². The van der Waals surface area contributed by atoms with Crippen molar-refractivity contribution in [1.82, 2.24) is 0 Å². The SMILES string of the molecule is CC1CC2CC(C)CC(C1)C21Cc2ccc(N(c3ccccc3)c3cccc(-c4cccc5c4sc4ccccc45)c3)cc2Oc2ccccc21. The molecule has 0 amide bonds. The van der Waals surface area contributed by atoms with Crippen LogP contribution >= 0.6 is 11.3 Å². The second-order valence-corrected chi connectivity index (χ2v) is 16.7. The largest absolute Gasteiger partial charge is 0.457 e. The van der Waals surface area contributed by atoms with E-state index in [0.29, 0.717) is 11.8 Å². The standard InChI is InChI=1S/C48H43NOS/c1-31-24-35-26-32(2)27-36(25-31)48(35)30-34-22-23-39(29-45(34)50-44-20-8-7-19-43(44)48)49(37-13-4-3-5-14-37)38-15-10-12-33(28-38)40-17-11-18-42-41-16-6-9-21-46(41)51-47(40)42/h3-23,28-29,31-32,35-36H,24-27,30H2,1-2H3. The van der Waals surface area contributed by atoms with Gasteiger partial charge in [0.15, 0.2) is 0 Å². The molecule has 51 heavy (non-hydrogen) atoms. The van der Waals surface area contributed by atoms with Crippen LogP contribution in [0.4, 0.5) is 17.1 Å². The summed E-state index contributed by atoms with van der Waals surface area (Å²) in [5.74, 6) is 4.99. The molecule has 0 atom stereocenters. The third kappa shape index (κ3) is 5.04. The van der Waals surface area contributed by atoms with Crippen LogP contribution in [0.5, 0.6) is 11.5 Å². The van der Waals surface area contributed by atoms with Gasteiger partial charge in [-0.1, -0.05) is 105 Å². The molecule has 0 unspecified atom stereocenters. The highest BCUT2D eigenvalue weighted by atomic mass is 32.1. The van der Waals surface area contributed by atoms with E-state index in [1.165, 1.54) is 68.1 Å². The van der Waals surface area contributed by atoms with Gasteiger partial charge in [-0.05, 0) is 115 Å². The number of anilines is 3. The summed E-state index contributed by atoms with van der Waals surface area (Å²) in [5, 5.41) is 2.65. The smallest absolute Gasteiger partial charge is 0.132 e. The van der Waals surface area contributed by atoms with E-state index in [1.807, 2.05) is 11.3 Å². The summed E-state index contributed by atoms with van der Waals surface area (Å²) in [6.45, 7) is 4.97. The molecule has 2 aliphatic carbocycles. The normalized spacial score (nSPS) is 23.7. The second-order valence-electron chi connectivity index (χ2n) is 15.7. The van der Waals surface area contributed by atoms with Crippen LogP contribution < -0.4 is 9.64 Å². The number of ether oxygens (including phenoxy) is 1. The van der Waals surface area contributed by atoms with Gasteiger partial charge in [0.2, 0.25) is 0 Å². The Kier molecular flexibility index (Phi) is 7.36. The molecule has 1 aliphatic heterocycles. The monoisotopic (exact) mass is 681 g/mol. The highest BCUT2D eigenvalue weighted by Crippen LogP contribution is 2.62. The van der Waals surface area contributed by atoms with Crippen molar-refractivity contribution < 1.29 is 4.74 Å². The fraction of sp³-hybridized carbons (Fsp3) is 0.250. The minimum Gasteiger partial charge on any atom is -0.457 e. The van der Waals surface area contributed by atoms with Gasteiger partial charge in [0.25, 0.3) is 0 Å². The predicted octanol–water partition coefficient (Wildman–Crippen LogP) is 13.9. The lowest BCUT2D eigenvalue weighted by Gasteiger charge is -2.57. The van der Waals surface area contributed by atoms with E-state index in [-0.39, 0.29) is 5.41 Å². The first kappa shape index (κ1) is 30.9. The second kappa shape index (κ2) is 12.1. The maximum atomic E-state index is 7.06. The zero-order valence-corrected chi connectivity index (χ0v) is 30.2. The average Bonchev–Trinajstić information content (AvgIpc) is 3.46. The fourth-order valence-electron chi connectivity index (χ4n) is 10.4. The molecule has 2 nitrogen and oxygen atoms in total. The third-order valence-electron chi connectivity index (χ3n) is 12.4. The summed E-state index contributed by atoms with van der Waals surface area (Å²) >= 11 is 1.89. The van der Waals surface area contributed by atoms with Gasteiger partial charge in [0.05, 0.1) is 0 Å². The summed E-state index contributed by atoms with van der Waals surface area (Å²) in [5.41, 5.74) is 8.78. The van der Waals surface area contributed by atoms with E-state index in [4.69, 9.17) is 4.74 Å². The molecule has 3 heteroatoms. The van der Waals surface area contributed by atoms with Crippen molar-refractivity contribution in [3.8, 4) is 22.6 Å². The van der Waals surface area contributed by atoms with E-state index < -0.39 is 0 Å².